The van der Waals surface area contributed by atoms with Crippen molar-refractivity contribution in [3.8, 4) is 0 Å². The molecule has 0 saturated carbocycles. The molecule has 0 aliphatic carbocycles. The highest BCUT2D eigenvalue weighted by atomic mass is 35.5. The summed E-state index contributed by atoms with van der Waals surface area (Å²) in [6, 6.07) is 9.17. The molecule has 0 radical (unpaired) electrons. The minimum Gasteiger partial charge on any atom is -0.370 e. The number of nitrogens with zero attached hydrogens (tertiary/aromatic N) is 2. The van der Waals surface area contributed by atoms with Gasteiger partial charge in [0.1, 0.15) is 5.82 Å². The van der Waals surface area contributed by atoms with Crippen molar-refractivity contribution in [2.45, 2.75) is 19.3 Å². The fourth-order valence-electron chi connectivity index (χ4n) is 2.78. The van der Waals surface area contributed by atoms with E-state index in [9.17, 15) is 4.79 Å². The zero-order chi connectivity index (χ0) is 16.9. The van der Waals surface area contributed by atoms with E-state index >= 15 is 0 Å². The minimum absolute atomic E-state index is 0.0690. The van der Waals surface area contributed by atoms with Gasteiger partial charge in [0.15, 0.2) is 0 Å². The van der Waals surface area contributed by atoms with Gasteiger partial charge in [-0.25, -0.2) is 4.98 Å². The van der Waals surface area contributed by atoms with Crippen molar-refractivity contribution in [2.24, 2.45) is 0 Å². The molecule has 4 nitrogen and oxygen atoms in total. The lowest BCUT2D eigenvalue weighted by Gasteiger charge is -2.15. The van der Waals surface area contributed by atoms with Crippen LogP contribution in [0.2, 0.25) is 10.0 Å². The lowest BCUT2D eigenvalue weighted by atomic mass is 10.1. The van der Waals surface area contributed by atoms with Crippen LogP contribution in [0.1, 0.15) is 28.8 Å². The number of rotatable bonds is 5. The van der Waals surface area contributed by atoms with Gasteiger partial charge in [0, 0.05) is 35.9 Å². The number of carbonyl (C=O) groups is 1. The monoisotopic (exact) mass is 363 g/mol. The fourth-order valence-corrected chi connectivity index (χ4v) is 3.28. The number of nitrogens with one attached hydrogen (secondary N) is 1. The molecule has 1 aromatic carbocycles. The Balaban J connectivity index is 1.53. The number of carbonyl (C=O) groups excluding carboxylic acids is 1. The van der Waals surface area contributed by atoms with Crippen LogP contribution in [0.25, 0.3) is 0 Å². The van der Waals surface area contributed by atoms with Crippen LogP contribution in [0, 0.1) is 0 Å². The van der Waals surface area contributed by atoms with Crippen molar-refractivity contribution in [1.29, 1.82) is 0 Å². The van der Waals surface area contributed by atoms with E-state index in [1.807, 2.05) is 29.2 Å². The van der Waals surface area contributed by atoms with Gasteiger partial charge in [0.2, 0.25) is 0 Å². The molecule has 0 bridgehead atoms. The van der Waals surface area contributed by atoms with E-state index in [4.69, 9.17) is 23.2 Å². The molecule has 1 aliphatic rings. The predicted octanol–water partition coefficient (Wildman–Crippen LogP) is 4.28. The van der Waals surface area contributed by atoms with Gasteiger partial charge in [0.05, 0.1) is 5.56 Å². The fraction of sp³-hybridized carbons (Fsp3) is 0.333. The normalized spacial score (nSPS) is 14.0. The SMILES string of the molecule is O=C(c1ccc(NCCc2ccc(Cl)cc2Cl)nc1)N1CCCC1. The molecule has 1 N–H and O–H groups in total. The number of amides is 1. The van der Waals surface area contributed by atoms with Crippen LogP contribution < -0.4 is 5.32 Å². The van der Waals surface area contributed by atoms with Crippen molar-refractivity contribution in [1.82, 2.24) is 9.88 Å². The molecular weight excluding hydrogens is 345 g/mol. The van der Waals surface area contributed by atoms with E-state index in [1.165, 1.54) is 0 Å². The maximum absolute atomic E-state index is 12.3. The van der Waals surface area contributed by atoms with Crippen molar-refractivity contribution >= 4 is 34.9 Å². The number of aromatic nitrogens is 1. The van der Waals surface area contributed by atoms with Gasteiger partial charge in [-0.3, -0.25) is 4.79 Å². The average molecular weight is 364 g/mol. The minimum atomic E-state index is 0.0690. The largest absolute Gasteiger partial charge is 0.370 e. The third-order valence-electron chi connectivity index (χ3n) is 4.12. The zero-order valence-corrected chi connectivity index (χ0v) is 14.8. The summed E-state index contributed by atoms with van der Waals surface area (Å²) in [5.41, 5.74) is 1.68. The Morgan fingerprint density at radius 2 is 1.96 bits per heavy atom. The van der Waals surface area contributed by atoms with Gasteiger partial charge in [0.25, 0.3) is 5.91 Å². The molecule has 6 heteroatoms. The average Bonchev–Trinajstić information content (AvgIpc) is 3.11. The second-order valence-corrected chi connectivity index (χ2v) is 6.69. The Morgan fingerprint density at radius 1 is 1.17 bits per heavy atom. The topological polar surface area (TPSA) is 45.2 Å². The molecule has 2 heterocycles. The van der Waals surface area contributed by atoms with E-state index in [0.717, 1.165) is 43.7 Å². The lowest BCUT2D eigenvalue weighted by molar-refractivity contribution is 0.0792. The second-order valence-electron chi connectivity index (χ2n) is 5.84. The highest BCUT2D eigenvalue weighted by Gasteiger charge is 2.19. The molecule has 1 fully saturated rings. The number of benzene rings is 1. The van der Waals surface area contributed by atoms with Crippen molar-refractivity contribution in [3.63, 3.8) is 0 Å². The Hall–Kier alpha value is -1.78. The van der Waals surface area contributed by atoms with E-state index in [1.54, 1.807) is 12.3 Å². The molecule has 1 saturated heterocycles. The highest BCUT2D eigenvalue weighted by molar-refractivity contribution is 6.35. The van der Waals surface area contributed by atoms with Gasteiger partial charge >= 0.3 is 0 Å². The van der Waals surface area contributed by atoms with Crippen LogP contribution in [0.5, 0.6) is 0 Å². The van der Waals surface area contributed by atoms with Crippen molar-refractivity contribution in [2.75, 3.05) is 25.0 Å². The lowest BCUT2D eigenvalue weighted by Crippen LogP contribution is -2.27. The van der Waals surface area contributed by atoms with Gasteiger partial charge in [-0.15, -0.1) is 0 Å². The highest BCUT2D eigenvalue weighted by Crippen LogP contribution is 2.21. The summed E-state index contributed by atoms with van der Waals surface area (Å²) in [7, 11) is 0. The van der Waals surface area contributed by atoms with Crippen LogP contribution in [-0.2, 0) is 6.42 Å². The smallest absolute Gasteiger partial charge is 0.255 e. The van der Waals surface area contributed by atoms with Crippen molar-refractivity contribution < 1.29 is 4.79 Å². The van der Waals surface area contributed by atoms with Crippen LogP contribution in [0.15, 0.2) is 36.5 Å². The zero-order valence-electron chi connectivity index (χ0n) is 13.3. The molecule has 24 heavy (non-hydrogen) atoms. The standard InChI is InChI=1S/C18H19Cl2N3O/c19-15-5-3-13(16(20)11-15)7-8-21-17-6-4-14(12-22-17)18(24)23-9-1-2-10-23/h3-6,11-12H,1-2,7-10H2,(H,21,22). The first-order chi connectivity index (χ1) is 11.6. The van der Waals surface area contributed by atoms with Gasteiger partial charge < -0.3 is 10.2 Å². The molecule has 0 spiro atoms. The number of hydrogen-bond donors (Lipinski definition) is 1. The van der Waals surface area contributed by atoms with Gasteiger partial charge in [-0.2, -0.15) is 0 Å². The van der Waals surface area contributed by atoms with Crippen molar-refractivity contribution in [3.05, 3.63) is 57.7 Å². The third kappa shape index (κ3) is 4.19. The third-order valence-corrected chi connectivity index (χ3v) is 4.71. The van der Waals surface area contributed by atoms with Crippen LogP contribution in [0.3, 0.4) is 0 Å². The van der Waals surface area contributed by atoms with E-state index in [2.05, 4.69) is 10.3 Å². The maximum atomic E-state index is 12.3. The maximum Gasteiger partial charge on any atom is 0.255 e. The number of anilines is 1. The summed E-state index contributed by atoms with van der Waals surface area (Å²) in [6.45, 7) is 2.40. The Labute approximate surface area is 151 Å². The Bertz CT molecular complexity index is 713. The molecule has 0 atom stereocenters. The first-order valence-corrected chi connectivity index (χ1v) is 8.82. The molecule has 0 unspecified atom stereocenters. The Morgan fingerprint density at radius 3 is 2.62 bits per heavy atom. The Kier molecular flexibility index (Phi) is 5.59. The molecule has 1 amide bonds. The van der Waals surface area contributed by atoms with E-state index < -0.39 is 0 Å². The number of pyridine rings is 1. The number of hydrogen-bond acceptors (Lipinski definition) is 3. The second kappa shape index (κ2) is 7.86. The van der Waals surface area contributed by atoms with Gasteiger partial charge in [-0.1, -0.05) is 29.3 Å². The first kappa shape index (κ1) is 17.1. The molecule has 126 valence electrons. The van der Waals surface area contributed by atoms with Crippen LogP contribution in [-0.4, -0.2) is 35.4 Å². The molecular formula is C18H19Cl2N3O. The predicted molar refractivity (Wildman–Crippen MR) is 98.0 cm³/mol. The van der Waals surface area contributed by atoms with E-state index in [-0.39, 0.29) is 5.91 Å². The first-order valence-electron chi connectivity index (χ1n) is 8.06. The number of likely N-dealkylation sites (tertiary alicyclic amines) is 1. The molecule has 1 aliphatic heterocycles. The van der Waals surface area contributed by atoms with Crippen LogP contribution in [0.4, 0.5) is 5.82 Å². The summed E-state index contributed by atoms with van der Waals surface area (Å²) < 4.78 is 0. The molecule has 2 aromatic rings. The summed E-state index contributed by atoms with van der Waals surface area (Å²) in [5, 5.41) is 4.55. The number of halogens is 2. The quantitative estimate of drug-likeness (QED) is 0.861. The van der Waals surface area contributed by atoms with Crippen LogP contribution >= 0.6 is 23.2 Å². The van der Waals surface area contributed by atoms with Gasteiger partial charge in [-0.05, 0) is 49.1 Å². The summed E-state index contributed by atoms with van der Waals surface area (Å²) in [5.74, 6) is 0.817. The summed E-state index contributed by atoms with van der Waals surface area (Å²) >= 11 is 12.1. The summed E-state index contributed by atoms with van der Waals surface area (Å²) in [6.07, 6.45) is 4.59. The molecule has 3 rings (SSSR count). The van der Waals surface area contributed by atoms with E-state index in [0.29, 0.717) is 22.2 Å². The summed E-state index contributed by atoms with van der Waals surface area (Å²) in [4.78, 5) is 18.5. The molecule has 1 aromatic heterocycles.